The molecule has 0 spiro atoms. The first-order chi connectivity index (χ1) is 12.4. The second-order valence-electron chi connectivity index (χ2n) is 6.99. The number of nitrogens with one attached hydrogen (secondary N) is 1. The normalized spacial score (nSPS) is 20.2. The zero-order chi connectivity index (χ0) is 18.7. The predicted molar refractivity (Wildman–Crippen MR) is 92.6 cm³/mol. The van der Waals surface area contributed by atoms with Crippen molar-refractivity contribution in [2.75, 3.05) is 13.1 Å². The molecule has 8 nitrogen and oxygen atoms in total. The van der Waals surface area contributed by atoms with Gasteiger partial charge in [-0.1, -0.05) is 18.2 Å². The number of ether oxygens (including phenoxy) is 1. The fourth-order valence-corrected chi connectivity index (χ4v) is 3.40. The smallest absolute Gasteiger partial charge is 0.303 e. The van der Waals surface area contributed by atoms with E-state index in [0.717, 1.165) is 0 Å². The number of aliphatic carboxylic acids is 1. The third-order valence-electron chi connectivity index (χ3n) is 4.61. The molecule has 1 saturated heterocycles. The standard InChI is InChI=1S/C18H22N4O4/c1-18(2,26-13-6-4-3-5-7-13)17(25)22-10-12(8-16(23)24)14(11-22)15-9-19-21-20-15/h3-7,9,12,14H,8,10-11H2,1-2H3,(H,23,24)(H,19,20,21)/t12-,14+/m1/s1. The van der Waals surface area contributed by atoms with Crippen molar-refractivity contribution in [2.24, 2.45) is 5.92 Å². The molecule has 2 heterocycles. The topological polar surface area (TPSA) is 108 Å². The van der Waals surface area contributed by atoms with E-state index in [9.17, 15) is 14.7 Å². The number of aromatic nitrogens is 3. The van der Waals surface area contributed by atoms with Crippen molar-refractivity contribution in [1.29, 1.82) is 0 Å². The number of para-hydroxylation sites is 1. The number of amides is 1. The van der Waals surface area contributed by atoms with Crippen molar-refractivity contribution in [3.05, 3.63) is 42.2 Å². The van der Waals surface area contributed by atoms with Crippen molar-refractivity contribution in [3.63, 3.8) is 0 Å². The number of H-pyrrole nitrogens is 1. The Morgan fingerprint density at radius 3 is 2.65 bits per heavy atom. The second kappa shape index (κ2) is 7.15. The minimum atomic E-state index is -1.06. The van der Waals surface area contributed by atoms with Crippen LogP contribution in [0.5, 0.6) is 5.75 Å². The van der Waals surface area contributed by atoms with E-state index in [1.807, 2.05) is 18.2 Å². The van der Waals surface area contributed by atoms with Gasteiger partial charge in [-0.25, -0.2) is 0 Å². The molecule has 2 N–H and O–H groups in total. The number of likely N-dealkylation sites (tertiary alicyclic amines) is 1. The summed E-state index contributed by atoms with van der Waals surface area (Å²) in [4.78, 5) is 25.9. The van der Waals surface area contributed by atoms with Crippen molar-refractivity contribution in [3.8, 4) is 5.75 Å². The molecule has 0 unspecified atom stereocenters. The lowest BCUT2D eigenvalue weighted by molar-refractivity contribution is -0.145. The molecule has 0 saturated carbocycles. The first-order valence-electron chi connectivity index (χ1n) is 8.47. The lowest BCUT2D eigenvalue weighted by atomic mass is 9.91. The minimum Gasteiger partial charge on any atom is -0.481 e. The van der Waals surface area contributed by atoms with Gasteiger partial charge < -0.3 is 14.7 Å². The van der Waals surface area contributed by atoms with E-state index in [1.165, 1.54) is 0 Å². The van der Waals surface area contributed by atoms with Gasteiger partial charge >= 0.3 is 5.97 Å². The van der Waals surface area contributed by atoms with Crippen LogP contribution in [0, 0.1) is 5.92 Å². The summed E-state index contributed by atoms with van der Waals surface area (Å²) in [5.74, 6) is -0.837. The van der Waals surface area contributed by atoms with E-state index in [-0.39, 0.29) is 24.2 Å². The van der Waals surface area contributed by atoms with Crippen LogP contribution in [0.1, 0.15) is 31.9 Å². The fourth-order valence-electron chi connectivity index (χ4n) is 3.40. The van der Waals surface area contributed by atoms with E-state index >= 15 is 0 Å². The van der Waals surface area contributed by atoms with E-state index in [2.05, 4.69) is 15.4 Å². The summed E-state index contributed by atoms with van der Waals surface area (Å²) in [5, 5.41) is 19.6. The van der Waals surface area contributed by atoms with Gasteiger partial charge in [-0.3, -0.25) is 9.59 Å². The summed E-state index contributed by atoms with van der Waals surface area (Å²) >= 11 is 0. The van der Waals surface area contributed by atoms with E-state index in [4.69, 9.17) is 4.74 Å². The van der Waals surface area contributed by atoms with Gasteiger partial charge in [0, 0.05) is 19.0 Å². The van der Waals surface area contributed by atoms with Crippen LogP contribution >= 0.6 is 0 Å². The summed E-state index contributed by atoms with van der Waals surface area (Å²) in [6.45, 7) is 4.19. The van der Waals surface area contributed by atoms with Crippen molar-refractivity contribution in [1.82, 2.24) is 20.3 Å². The maximum atomic E-state index is 13.0. The maximum Gasteiger partial charge on any atom is 0.303 e. The van der Waals surface area contributed by atoms with Gasteiger partial charge in [0.1, 0.15) is 5.75 Å². The zero-order valence-electron chi connectivity index (χ0n) is 14.8. The second-order valence-corrected chi connectivity index (χ2v) is 6.99. The molecule has 3 rings (SSSR count). The van der Waals surface area contributed by atoms with Gasteiger partial charge in [0.15, 0.2) is 5.60 Å². The Balaban J connectivity index is 1.75. The van der Waals surface area contributed by atoms with E-state index < -0.39 is 11.6 Å². The number of carboxylic acids is 1. The highest BCUT2D eigenvalue weighted by atomic mass is 16.5. The quantitative estimate of drug-likeness (QED) is 0.813. The molecule has 0 bridgehead atoms. The summed E-state index contributed by atoms with van der Waals surface area (Å²) in [7, 11) is 0. The highest BCUT2D eigenvalue weighted by Gasteiger charge is 2.43. The molecule has 2 aromatic rings. The molecule has 1 aromatic carbocycles. The average Bonchev–Trinajstić information content (AvgIpc) is 3.23. The number of carbonyl (C=O) groups is 2. The number of hydrogen-bond donors (Lipinski definition) is 2. The molecule has 1 aromatic heterocycles. The molecule has 1 aliphatic rings. The van der Waals surface area contributed by atoms with Crippen molar-refractivity contribution in [2.45, 2.75) is 31.8 Å². The van der Waals surface area contributed by atoms with Gasteiger partial charge in [-0.2, -0.15) is 15.4 Å². The van der Waals surface area contributed by atoms with Gasteiger partial charge in [-0.15, -0.1) is 0 Å². The lowest BCUT2D eigenvalue weighted by Crippen LogP contribution is -2.48. The van der Waals surface area contributed by atoms with Crippen molar-refractivity contribution >= 4 is 11.9 Å². The maximum absolute atomic E-state index is 13.0. The first-order valence-corrected chi connectivity index (χ1v) is 8.47. The summed E-state index contributed by atoms with van der Waals surface area (Å²) in [6, 6.07) is 9.15. The molecular formula is C18H22N4O4. The highest BCUT2D eigenvalue weighted by Crippen LogP contribution is 2.35. The summed E-state index contributed by atoms with van der Waals surface area (Å²) in [5.41, 5.74) is -0.387. The Labute approximate surface area is 151 Å². The van der Waals surface area contributed by atoms with E-state index in [1.54, 1.807) is 37.1 Å². The van der Waals surface area contributed by atoms with Crippen LogP contribution in [0.2, 0.25) is 0 Å². The summed E-state index contributed by atoms with van der Waals surface area (Å²) in [6.07, 6.45) is 1.56. The van der Waals surface area contributed by atoms with Crippen LogP contribution in [-0.4, -0.2) is 56.0 Å². The molecule has 138 valence electrons. The fraction of sp³-hybridized carbons (Fsp3) is 0.444. The predicted octanol–water partition coefficient (Wildman–Crippen LogP) is 1.68. The van der Waals surface area contributed by atoms with Crippen molar-refractivity contribution < 1.29 is 19.4 Å². The highest BCUT2D eigenvalue weighted by molar-refractivity contribution is 5.85. The molecule has 8 heteroatoms. The largest absolute Gasteiger partial charge is 0.481 e. The molecule has 0 aliphatic carbocycles. The van der Waals surface area contributed by atoms with Crippen LogP contribution in [0.4, 0.5) is 0 Å². The Morgan fingerprint density at radius 2 is 2.04 bits per heavy atom. The summed E-state index contributed by atoms with van der Waals surface area (Å²) < 4.78 is 5.88. The van der Waals surface area contributed by atoms with Gasteiger partial charge in [0.2, 0.25) is 0 Å². The van der Waals surface area contributed by atoms with Crippen LogP contribution in [-0.2, 0) is 9.59 Å². The molecular weight excluding hydrogens is 336 g/mol. The molecule has 1 amide bonds. The number of aromatic amines is 1. The average molecular weight is 358 g/mol. The Morgan fingerprint density at radius 1 is 1.31 bits per heavy atom. The Bertz CT molecular complexity index is 761. The number of rotatable bonds is 6. The zero-order valence-corrected chi connectivity index (χ0v) is 14.8. The van der Waals surface area contributed by atoms with Crippen LogP contribution < -0.4 is 4.74 Å². The third-order valence-corrected chi connectivity index (χ3v) is 4.61. The van der Waals surface area contributed by atoms with Gasteiger partial charge in [0.05, 0.1) is 18.3 Å². The molecule has 1 aliphatic heterocycles. The van der Waals surface area contributed by atoms with Crippen LogP contribution in [0.3, 0.4) is 0 Å². The number of carbonyl (C=O) groups excluding carboxylic acids is 1. The van der Waals surface area contributed by atoms with Crippen LogP contribution in [0.15, 0.2) is 36.5 Å². The van der Waals surface area contributed by atoms with Crippen LogP contribution in [0.25, 0.3) is 0 Å². The molecule has 1 fully saturated rings. The molecule has 26 heavy (non-hydrogen) atoms. The minimum absolute atomic E-state index is 0.0265. The Hall–Kier alpha value is -2.90. The van der Waals surface area contributed by atoms with Gasteiger partial charge in [0.25, 0.3) is 5.91 Å². The third kappa shape index (κ3) is 3.84. The lowest BCUT2D eigenvalue weighted by Gasteiger charge is -2.30. The number of nitrogens with zero attached hydrogens (tertiary/aromatic N) is 3. The molecule has 0 radical (unpaired) electrons. The number of carboxylic acid groups (broad SMARTS) is 1. The monoisotopic (exact) mass is 358 g/mol. The van der Waals surface area contributed by atoms with Gasteiger partial charge in [-0.05, 0) is 31.9 Å². The number of benzene rings is 1. The van der Waals surface area contributed by atoms with E-state index in [0.29, 0.717) is 24.5 Å². The Kier molecular flexibility index (Phi) is 4.92. The SMILES string of the molecule is CC(C)(Oc1ccccc1)C(=O)N1C[C@@H](CC(=O)O)[C@@H](c2cn[nH]n2)C1. The molecule has 2 atom stereocenters. The first kappa shape index (κ1) is 17.9. The number of hydrogen-bond acceptors (Lipinski definition) is 5.